The summed E-state index contributed by atoms with van der Waals surface area (Å²) in [6.45, 7) is 6.77. The molecule has 0 spiro atoms. The van der Waals surface area contributed by atoms with Gasteiger partial charge in [-0.15, -0.1) is 0 Å². The Labute approximate surface area is 165 Å². The topological polar surface area (TPSA) is 73.9 Å². The van der Waals surface area contributed by atoms with Crippen molar-refractivity contribution in [3.8, 4) is 5.75 Å². The predicted molar refractivity (Wildman–Crippen MR) is 111 cm³/mol. The van der Waals surface area contributed by atoms with Crippen molar-refractivity contribution in [2.24, 2.45) is 0 Å². The van der Waals surface area contributed by atoms with Crippen LogP contribution in [0, 0.1) is 0 Å². The normalized spacial score (nSPS) is 13.8. The van der Waals surface area contributed by atoms with Gasteiger partial charge in [0.1, 0.15) is 5.75 Å². The summed E-state index contributed by atoms with van der Waals surface area (Å²) in [6.07, 6.45) is 0. The molecule has 2 aromatic carbocycles. The minimum atomic E-state index is -0.146. The summed E-state index contributed by atoms with van der Waals surface area (Å²) in [5.41, 5.74) is 2.37. The van der Waals surface area contributed by atoms with E-state index in [0.717, 1.165) is 24.5 Å². The van der Waals surface area contributed by atoms with Crippen LogP contribution in [0.4, 0.5) is 21.9 Å². The van der Waals surface area contributed by atoms with Crippen LogP contribution in [0.2, 0.25) is 0 Å². The van der Waals surface area contributed by atoms with Crippen LogP contribution in [0.1, 0.15) is 13.8 Å². The number of amides is 3. The molecule has 0 aromatic heterocycles. The molecule has 0 unspecified atom stereocenters. The molecule has 7 nitrogen and oxygen atoms in total. The fourth-order valence-electron chi connectivity index (χ4n) is 3.23. The molecule has 2 N–H and O–H groups in total. The number of carbonyl (C=O) groups is 2. The van der Waals surface area contributed by atoms with Crippen molar-refractivity contribution in [1.29, 1.82) is 0 Å². The van der Waals surface area contributed by atoms with Gasteiger partial charge in [-0.05, 0) is 37.3 Å². The highest BCUT2D eigenvalue weighted by Gasteiger charge is 2.23. The summed E-state index contributed by atoms with van der Waals surface area (Å²) < 4.78 is 5.72. The van der Waals surface area contributed by atoms with E-state index in [4.69, 9.17) is 4.74 Å². The third kappa shape index (κ3) is 4.94. The molecule has 1 saturated heterocycles. The number of piperazine rings is 1. The van der Waals surface area contributed by atoms with Crippen LogP contribution in [0.15, 0.2) is 48.5 Å². The number of carbonyl (C=O) groups excluding carboxylic acids is 2. The number of ether oxygens (including phenoxy) is 1. The summed E-state index contributed by atoms with van der Waals surface area (Å²) in [5.74, 6) is 0.727. The second-order valence-electron chi connectivity index (χ2n) is 6.57. The molecule has 1 aliphatic rings. The lowest BCUT2D eigenvalue weighted by molar-refractivity contribution is -0.114. The van der Waals surface area contributed by atoms with E-state index in [-0.39, 0.29) is 11.9 Å². The largest absolute Gasteiger partial charge is 0.492 e. The highest BCUT2D eigenvalue weighted by atomic mass is 16.5. The van der Waals surface area contributed by atoms with Crippen molar-refractivity contribution < 1.29 is 14.3 Å². The Hall–Kier alpha value is -3.22. The average molecular weight is 382 g/mol. The second-order valence-corrected chi connectivity index (χ2v) is 6.57. The molecule has 3 rings (SSSR count). The summed E-state index contributed by atoms with van der Waals surface area (Å²) in [7, 11) is 0. The van der Waals surface area contributed by atoms with E-state index in [9.17, 15) is 9.59 Å². The molecule has 0 aliphatic carbocycles. The Morgan fingerprint density at radius 2 is 1.64 bits per heavy atom. The molecule has 1 fully saturated rings. The maximum atomic E-state index is 12.6. The summed E-state index contributed by atoms with van der Waals surface area (Å²) in [4.78, 5) is 27.8. The van der Waals surface area contributed by atoms with Gasteiger partial charge in [-0.2, -0.15) is 0 Å². The van der Waals surface area contributed by atoms with Crippen molar-refractivity contribution in [3.05, 3.63) is 48.5 Å². The molecule has 148 valence electrons. The lowest BCUT2D eigenvalue weighted by Crippen LogP contribution is -2.50. The Kier molecular flexibility index (Phi) is 6.37. The van der Waals surface area contributed by atoms with Gasteiger partial charge in [0.05, 0.1) is 12.3 Å². The molecule has 1 heterocycles. The molecule has 0 radical (unpaired) electrons. The van der Waals surface area contributed by atoms with Gasteiger partial charge in [0.2, 0.25) is 5.91 Å². The van der Waals surface area contributed by atoms with E-state index in [1.165, 1.54) is 6.92 Å². The van der Waals surface area contributed by atoms with E-state index in [1.807, 2.05) is 31.2 Å². The number of urea groups is 1. The molecular weight excluding hydrogens is 356 g/mol. The first-order valence-electron chi connectivity index (χ1n) is 9.47. The van der Waals surface area contributed by atoms with Crippen LogP contribution in [-0.2, 0) is 4.79 Å². The maximum absolute atomic E-state index is 12.6. The van der Waals surface area contributed by atoms with Crippen molar-refractivity contribution >= 4 is 29.0 Å². The minimum absolute atomic E-state index is 0.141. The molecule has 28 heavy (non-hydrogen) atoms. The van der Waals surface area contributed by atoms with Gasteiger partial charge in [0.25, 0.3) is 0 Å². The van der Waals surface area contributed by atoms with E-state index in [1.54, 1.807) is 29.2 Å². The van der Waals surface area contributed by atoms with Crippen LogP contribution in [-0.4, -0.2) is 49.6 Å². The van der Waals surface area contributed by atoms with Crippen molar-refractivity contribution in [3.63, 3.8) is 0 Å². The number of nitrogens with one attached hydrogen (secondary N) is 2. The zero-order valence-corrected chi connectivity index (χ0v) is 16.3. The number of rotatable bonds is 5. The molecule has 2 aromatic rings. The van der Waals surface area contributed by atoms with Crippen LogP contribution in [0.25, 0.3) is 0 Å². The Morgan fingerprint density at radius 3 is 2.32 bits per heavy atom. The van der Waals surface area contributed by atoms with Crippen molar-refractivity contribution in [2.75, 3.05) is 48.3 Å². The number of hydrogen-bond donors (Lipinski definition) is 2. The standard InChI is InChI=1S/C21H26N4O3/c1-3-28-20-10-5-4-9-19(20)24-11-13-25(14-12-24)21(27)23-18-8-6-7-17(15-18)22-16(2)26/h4-10,15H,3,11-14H2,1-2H3,(H,22,26)(H,23,27). The molecule has 0 atom stereocenters. The highest BCUT2D eigenvalue weighted by Crippen LogP contribution is 2.29. The first-order valence-corrected chi connectivity index (χ1v) is 9.47. The SMILES string of the molecule is CCOc1ccccc1N1CCN(C(=O)Nc2cccc(NC(C)=O)c2)CC1. The minimum Gasteiger partial charge on any atom is -0.492 e. The fraction of sp³-hybridized carbons (Fsp3) is 0.333. The Bertz CT molecular complexity index is 832. The van der Waals surface area contributed by atoms with E-state index in [2.05, 4.69) is 15.5 Å². The van der Waals surface area contributed by atoms with Gasteiger partial charge in [-0.3, -0.25) is 4.79 Å². The highest BCUT2D eigenvalue weighted by molar-refractivity contribution is 5.92. The maximum Gasteiger partial charge on any atom is 0.321 e. The molecular formula is C21H26N4O3. The van der Waals surface area contributed by atoms with Crippen molar-refractivity contribution in [2.45, 2.75) is 13.8 Å². The molecule has 0 bridgehead atoms. The van der Waals surface area contributed by atoms with Gasteiger partial charge in [-0.25, -0.2) is 4.79 Å². The third-order valence-corrected chi connectivity index (χ3v) is 4.51. The Balaban J connectivity index is 1.58. The zero-order chi connectivity index (χ0) is 19.9. The van der Waals surface area contributed by atoms with Crippen LogP contribution in [0.5, 0.6) is 5.75 Å². The van der Waals surface area contributed by atoms with Gasteiger partial charge < -0.3 is 25.2 Å². The molecule has 3 amide bonds. The summed E-state index contributed by atoms with van der Waals surface area (Å²) in [5, 5.41) is 5.62. The number of para-hydroxylation sites is 2. The van der Waals surface area contributed by atoms with Crippen LogP contribution >= 0.6 is 0 Å². The average Bonchev–Trinajstić information content (AvgIpc) is 2.68. The van der Waals surface area contributed by atoms with Crippen LogP contribution in [0.3, 0.4) is 0 Å². The van der Waals surface area contributed by atoms with Gasteiger partial charge in [0.15, 0.2) is 0 Å². The zero-order valence-electron chi connectivity index (χ0n) is 16.3. The van der Waals surface area contributed by atoms with Crippen LogP contribution < -0.4 is 20.3 Å². The number of anilines is 3. The monoisotopic (exact) mass is 382 g/mol. The summed E-state index contributed by atoms with van der Waals surface area (Å²) in [6, 6.07) is 15.0. The van der Waals surface area contributed by atoms with Gasteiger partial charge >= 0.3 is 6.03 Å². The first-order chi connectivity index (χ1) is 13.6. The molecule has 7 heteroatoms. The number of benzene rings is 2. The number of hydrogen-bond acceptors (Lipinski definition) is 4. The lowest BCUT2D eigenvalue weighted by atomic mass is 10.2. The van der Waals surface area contributed by atoms with E-state index >= 15 is 0 Å². The Morgan fingerprint density at radius 1 is 0.964 bits per heavy atom. The fourth-order valence-corrected chi connectivity index (χ4v) is 3.23. The molecule has 0 saturated carbocycles. The van der Waals surface area contributed by atoms with E-state index in [0.29, 0.717) is 31.1 Å². The van der Waals surface area contributed by atoms with Crippen molar-refractivity contribution in [1.82, 2.24) is 4.90 Å². The second kappa shape index (κ2) is 9.12. The lowest BCUT2D eigenvalue weighted by Gasteiger charge is -2.36. The van der Waals surface area contributed by atoms with Gasteiger partial charge in [-0.1, -0.05) is 18.2 Å². The first kappa shape index (κ1) is 19.5. The quantitative estimate of drug-likeness (QED) is 0.831. The smallest absolute Gasteiger partial charge is 0.321 e. The van der Waals surface area contributed by atoms with Gasteiger partial charge in [0, 0.05) is 44.5 Å². The summed E-state index contributed by atoms with van der Waals surface area (Å²) >= 11 is 0. The van der Waals surface area contributed by atoms with E-state index < -0.39 is 0 Å². The number of nitrogens with zero attached hydrogens (tertiary/aromatic N) is 2. The predicted octanol–water partition coefficient (Wildman–Crippen LogP) is 3.40. The third-order valence-electron chi connectivity index (χ3n) is 4.51. The molecule has 1 aliphatic heterocycles.